The van der Waals surface area contributed by atoms with Crippen LogP contribution in [-0.2, 0) is 13.0 Å². The summed E-state index contributed by atoms with van der Waals surface area (Å²) in [4.78, 5) is 20.5. The van der Waals surface area contributed by atoms with Crippen LogP contribution in [0.5, 0.6) is 0 Å². The second kappa shape index (κ2) is 6.71. The third kappa shape index (κ3) is 3.18. The summed E-state index contributed by atoms with van der Waals surface area (Å²) in [5.41, 5.74) is 3.04. The minimum Gasteiger partial charge on any atom is -0.351 e. The van der Waals surface area contributed by atoms with Gasteiger partial charge in [0.1, 0.15) is 0 Å². The molecule has 0 spiro atoms. The fourth-order valence-electron chi connectivity index (χ4n) is 3.14. The lowest BCUT2D eigenvalue weighted by Gasteiger charge is -2.26. The number of carbonyl (C=O) groups is 1. The van der Waals surface area contributed by atoms with Crippen molar-refractivity contribution in [3.63, 3.8) is 0 Å². The summed E-state index contributed by atoms with van der Waals surface area (Å²) in [6.45, 7) is 3.63. The Labute approximate surface area is 145 Å². The molecule has 0 atom stereocenters. The third-order valence-corrected chi connectivity index (χ3v) is 5.49. The molecule has 0 aliphatic carbocycles. The van der Waals surface area contributed by atoms with E-state index in [1.54, 1.807) is 6.20 Å². The molecule has 0 bridgehead atoms. The first kappa shape index (κ1) is 15.3. The Morgan fingerprint density at radius 1 is 1.29 bits per heavy atom. The molecule has 5 heteroatoms. The Bertz CT molecular complexity index is 874. The molecule has 1 aliphatic heterocycles. The van der Waals surface area contributed by atoms with Gasteiger partial charge in [-0.05, 0) is 47.7 Å². The van der Waals surface area contributed by atoms with Crippen molar-refractivity contribution in [2.24, 2.45) is 0 Å². The number of hydrogen-bond acceptors (Lipinski definition) is 4. The number of hydrogen-bond donors (Lipinski definition) is 1. The maximum absolute atomic E-state index is 12.3. The van der Waals surface area contributed by atoms with E-state index in [0.717, 1.165) is 37.0 Å². The van der Waals surface area contributed by atoms with E-state index in [4.69, 9.17) is 0 Å². The van der Waals surface area contributed by atoms with Crippen molar-refractivity contribution in [2.75, 3.05) is 19.6 Å². The molecule has 1 aliphatic rings. The van der Waals surface area contributed by atoms with Crippen LogP contribution in [0.2, 0.25) is 0 Å². The molecule has 1 aromatic carbocycles. The Morgan fingerprint density at radius 3 is 3.21 bits per heavy atom. The van der Waals surface area contributed by atoms with Crippen LogP contribution in [0.15, 0.2) is 48.0 Å². The normalized spacial score (nSPS) is 14.5. The maximum atomic E-state index is 12.3. The van der Waals surface area contributed by atoms with Gasteiger partial charge in [-0.25, -0.2) is 0 Å². The zero-order valence-electron chi connectivity index (χ0n) is 13.4. The van der Waals surface area contributed by atoms with Crippen molar-refractivity contribution < 1.29 is 4.79 Å². The van der Waals surface area contributed by atoms with E-state index in [2.05, 4.69) is 26.6 Å². The first-order chi connectivity index (χ1) is 11.8. The van der Waals surface area contributed by atoms with Crippen LogP contribution in [0, 0.1) is 0 Å². The number of rotatable bonds is 4. The second-order valence-corrected chi connectivity index (χ2v) is 7.06. The minimum absolute atomic E-state index is 0.0195. The highest BCUT2D eigenvalue weighted by Gasteiger charge is 2.16. The van der Waals surface area contributed by atoms with Crippen molar-refractivity contribution in [3.8, 4) is 0 Å². The fraction of sp³-hybridized carbons (Fsp3) is 0.263. The monoisotopic (exact) mass is 337 g/mol. The number of amides is 1. The summed E-state index contributed by atoms with van der Waals surface area (Å²) in [5.74, 6) is -0.0195. The van der Waals surface area contributed by atoms with Crippen LogP contribution in [0.25, 0.3) is 10.9 Å². The number of aromatic nitrogens is 1. The molecule has 3 aromatic rings. The average molecular weight is 337 g/mol. The van der Waals surface area contributed by atoms with Gasteiger partial charge in [0.25, 0.3) is 5.91 Å². The van der Waals surface area contributed by atoms with Crippen LogP contribution < -0.4 is 5.32 Å². The van der Waals surface area contributed by atoms with E-state index in [1.807, 2.05) is 41.7 Å². The van der Waals surface area contributed by atoms with E-state index in [-0.39, 0.29) is 5.91 Å². The quantitative estimate of drug-likeness (QED) is 0.796. The van der Waals surface area contributed by atoms with Gasteiger partial charge in [0.2, 0.25) is 0 Å². The summed E-state index contributed by atoms with van der Waals surface area (Å²) in [6.07, 6.45) is 2.89. The number of pyridine rings is 1. The summed E-state index contributed by atoms with van der Waals surface area (Å²) in [7, 11) is 0. The molecule has 24 heavy (non-hydrogen) atoms. The molecule has 0 unspecified atom stereocenters. The zero-order chi connectivity index (χ0) is 16.4. The number of nitrogens with one attached hydrogen (secondary N) is 1. The van der Waals surface area contributed by atoms with Gasteiger partial charge in [0.15, 0.2) is 0 Å². The van der Waals surface area contributed by atoms with E-state index in [9.17, 15) is 4.79 Å². The van der Waals surface area contributed by atoms with Crippen molar-refractivity contribution >= 4 is 28.1 Å². The van der Waals surface area contributed by atoms with Gasteiger partial charge in [-0.1, -0.05) is 6.07 Å². The van der Waals surface area contributed by atoms with Crippen LogP contribution in [-0.4, -0.2) is 35.4 Å². The molecule has 4 rings (SSSR count). The van der Waals surface area contributed by atoms with E-state index < -0.39 is 0 Å². The third-order valence-electron chi connectivity index (χ3n) is 4.47. The molecule has 1 amide bonds. The smallest absolute Gasteiger partial charge is 0.251 e. The predicted octanol–water partition coefficient (Wildman–Crippen LogP) is 3.08. The van der Waals surface area contributed by atoms with E-state index in [0.29, 0.717) is 12.1 Å². The van der Waals surface area contributed by atoms with Gasteiger partial charge < -0.3 is 5.32 Å². The summed E-state index contributed by atoms with van der Waals surface area (Å²) < 4.78 is 0. The van der Waals surface area contributed by atoms with Crippen molar-refractivity contribution in [1.82, 2.24) is 15.2 Å². The maximum Gasteiger partial charge on any atom is 0.251 e. The molecule has 1 N–H and O–H groups in total. The zero-order valence-corrected chi connectivity index (χ0v) is 14.2. The predicted molar refractivity (Wildman–Crippen MR) is 97.4 cm³/mol. The largest absolute Gasteiger partial charge is 0.351 e. The second-order valence-electron chi connectivity index (χ2n) is 6.06. The van der Waals surface area contributed by atoms with Crippen LogP contribution in [0.4, 0.5) is 0 Å². The van der Waals surface area contributed by atoms with Crippen LogP contribution in [0.1, 0.15) is 20.8 Å². The SMILES string of the molecule is O=C(NCCN1CCc2sccc2C1)c1ccc2ncccc2c1. The molecule has 122 valence electrons. The fourth-order valence-corrected chi connectivity index (χ4v) is 4.03. The highest BCUT2D eigenvalue weighted by Crippen LogP contribution is 2.23. The number of carbonyl (C=O) groups excluding carboxylic acids is 1. The Morgan fingerprint density at radius 2 is 2.25 bits per heavy atom. The highest BCUT2D eigenvalue weighted by molar-refractivity contribution is 7.10. The van der Waals surface area contributed by atoms with E-state index >= 15 is 0 Å². The molecule has 0 radical (unpaired) electrons. The summed E-state index contributed by atoms with van der Waals surface area (Å²) in [5, 5.41) is 6.19. The molecule has 0 saturated heterocycles. The minimum atomic E-state index is -0.0195. The molecule has 3 heterocycles. The number of thiophene rings is 1. The molecule has 2 aromatic heterocycles. The van der Waals surface area contributed by atoms with Gasteiger partial charge in [-0.3, -0.25) is 14.7 Å². The molecular weight excluding hydrogens is 318 g/mol. The molecule has 4 nitrogen and oxygen atoms in total. The molecule has 0 saturated carbocycles. The van der Waals surface area contributed by atoms with Crippen molar-refractivity contribution in [2.45, 2.75) is 13.0 Å². The Kier molecular flexibility index (Phi) is 4.28. The van der Waals surface area contributed by atoms with Crippen molar-refractivity contribution in [1.29, 1.82) is 0 Å². The topological polar surface area (TPSA) is 45.2 Å². The van der Waals surface area contributed by atoms with Crippen LogP contribution >= 0.6 is 11.3 Å². The van der Waals surface area contributed by atoms with Gasteiger partial charge in [0.05, 0.1) is 5.52 Å². The lowest BCUT2D eigenvalue weighted by atomic mass is 10.1. The first-order valence-corrected chi connectivity index (χ1v) is 9.08. The first-order valence-electron chi connectivity index (χ1n) is 8.20. The summed E-state index contributed by atoms with van der Waals surface area (Å²) >= 11 is 1.85. The Hall–Kier alpha value is -2.24. The highest BCUT2D eigenvalue weighted by atomic mass is 32.1. The lowest BCUT2D eigenvalue weighted by molar-refractivity contribution is 0.0947. The molecule has 0 fully saturated rings. The number of fused-ring (bicyclic) bond motifs is 2. The number of nitrogens with zero attached hydrogens (tertiary/aromatic N) is 2. The van der Waals surface area contributed by atoms with E-state index in [1.165, 1.54) is 10.4 Å². The van der Waals surface area contributed by atoms with Gasteiger partial charge in [-0.2, -0.15) is 0 Å². The van der Waals surface area contributed by atoms with Gasteiger partial charge in [-0.15, -0.1) is 11.3 Å². The van der Waals surface area contributed by atoms with Crippen LogP contribution in [0.3, 0.4) is 0 Å². The van der Waals surface area contributed by atoms with Crippen molar-refractivity contribution in [3.05, 3.63) is 64.0 Å². The standard InChI is InChI=1S/C19H19N3OS/c23-19(15-3-4-17-14(12-15)2-1-7-20-17)21-8-10-22-9-5-18-16(13-22)6-11-24-18/h1-4,6-7,11-12H,5,8-10,13H2,(H,21,23). The lowest BCUT2D eigenvalue weighted by Crippen LogP contribution is -2.37. The van der Waals surface area contributed by atoms with Gasteiger partial charge in [0, 0.05) is 48.2 Å². The summed E-state index contributed by atoms with van der Waals surface area (Å²) in [6, 6.07) is 11.7. The average Bonchev–Trinajstić information content (AvgIpc) is 3.09. The Balaban J connectivity index is 1.33. The molecular formula is C19H19N3OS. The number of benzene rings is 1. The van der Waals surface area contributed by atoms with Gasteiger partial charge >= 0.3 is 0 Å².